The summed E-state index contributed by atoms with van der Waals surface area (Å²) < 4.78 is 11.8. The highest BCUT2D eigenvalue weighted by molar-refractivity contribution is 9.10. The van der Waals surface area contributed by atoms with E-state index in [0.29, 0.717) is 0 Å². The molecular formula is C17H20BrNO2. The zero-order valence-corrected chi connectivity index (χ0v) is 14.1. The standard InChI is InChI=1S/C17H20BrNO2/c1-12(15-6-4-5-7-17(15)21-3)19-11-13-10-14(20-2)8-9-16(13)18/h4-10,12,19H,11H2,1-3H3. The van der Waals surface area contributed by atoms with Crippen LogP contribution in [0.3, 0.4) is 0 Å². The Hall–Kier alpha value is -1.52. The maximum absolute atomic E-state index is 5.41. The van der Waals surface area contributed by atoms with Gasteiger partial charge >= 0.3 is 0 Å². The quantitative estimate of drug-likeness (QED) is 0.842. The molecule has 0 spiro atoms. The van der Waals surface area contributed by atoms with Crippen molar-refractivity contribution in [2.75, 3.05) is 14.2 Å². The van der Waals surface area contributed by atoms with Crippen molar-refractivity contribution >= 4 is 15.9 Å². The van der Waals surface area contributed by atoms with Gasteiger partial charge in [-0.3, -0.25) is 0 Å². The highest BCUT2D eigenvalue weighted by atomic mass is 79.9. The van der Waals surface area contributed by atoms with Gasteiger partial charge in [0.05, 0.1) is 14.2 Å². The molecule has 1 atom stereocenters. The Morgan fingerprint density at radius 2 is 1.86 bits per heavy atom. The molecule has 2 aromatic rings. The summed E-state index contributed by atoms with van der Waals surface area (Å²) in [7, 11) is 3.38. The molecule has 2 rings (SSSR count). The van der Waals surface area contributed by atoms with E-state index in [1.807, 2.05) is 36.4 Å². The van der Waals surface area contributed by atoms with Gasteiger partial charge in [-0.2, -0.15) is 0 Å². The number of nitrogens with one attached hydrogen (secondary N) is 1. The second kappa shape index (κ2) is 7.48. The molecule has 0 radical (unpaired) electrons. The van der Waals surface area contributed by atoms with E-state index in [2.05, 4.69) is 34.2 Å². The minimum absolute atomic E-state index is 0.194. The maximum atomic E-state index is 5.41. The summed E-state index contributed by atoms with van der Waals surface area (Å²) in [5.74, 6) is 1.77. The number of rotatable bonds is 6. The van der Waals surface area contributed by atoms with E-state index < -0.39 is 0 Å². The molecule has 2 aromatic carbocycles. The molecule has 0 saturated carbocycles. The lowest BCUT2D eigenvalue weighted by atomic mass is 10.1. The molecule has 1 unspecified atom stereocenters. The Kier molecular flexibility index (Phi) is 5.65. The minimum Gasteiger partial charge on any atom is -0.497 e. The highest BCUT2D eigenvalue weighted by Gasteiger charge is 2.11. The maximum Gasteiger partial charge on any atom is 0.123 e. The summed E-state index contributed by atoms with van der Waals surface area (Å²) >= 11 is 3.57. The first-order valence-corrected chi connectivity index (χ1v) is 7.63. The summed E-state index contributed by atoms with van der Waals surface area (Å²) in [6.45, 7) is 2.88. The number of ether oxygens (including phenoxy) is 2. The average Bonchev–Trinajstić information content (AvgIpc) is 2.53. The zero-order valence-electron chi connectivity index (χ0n) is 12.5. The number of para-hydroxylation sites is 1. The lowest BCUT2D eigenvalue weighted by Crippen LogP contribution is -2.19. The first kappa shape index (κ1) is 15.9. The second-order valence-electron chi connectivity index (χ2n) is 4.80. The summed E-state index contributed by atoms with van der Waals surface area (Å²) in [6.07, 6.45) is 0. The molecular weight excluding hydrogens is 330 g/mol. The lowest BCUT2D eigenvalue weighted by molar-refractivity contribution is 0.401. The molecule has 0 aromatic heterocycles. The molecule has 0 fully saturated rings. The Balaban J connectivity index is 2.09. The van der Waals surface area contributed by atoms with E-state index in [1.165, 1.54) is 0 Å². The minimum atomic E-state index is 0.194. The smallest absolute Gasteiger partial charge is 0.123 e. The number of methoxy groups -OCH3 is 2. The lowest BCUT2D eigenvalue weighted by Gasteiger charge is -2.18. The third-order valence-electron chi connectivity index (χ3n) is 3.46. The van der Waals surface area contributed by atoms with Crippen molar-refractivity contribution in [3.05, 3.63) is 58.1 Å². The number of hydrogen-bond donors (Lipinski definition) is 1. The van der Waals surface area contributed by atoms with Crippen LogP contribution in [0.2, 0.25) is 0 Å². The first-order chi connectivity index (χ1) is 10.2. The second-order valence-corrected chi connectivity index (χ2v) is 5.66. The van der Waals surface area contributed by atoms with Crippen molar-refractivity contribution in [1.82, 2.24) is 5.32 Å². The normalized spacial score (nSPS) is 12.0. The van der Waals surface area contributed by atoms with Crippen molar-refractivity contribution in [2.24, 2.45) is 0 Å². The first-order valence-electron chi connectivity index (χ1n) is 6.84. The third-order valence-corrected chi connectivity index (χ3v) is 4.23. The molecule has 21 heavy (non-hydrogen) atoms. The summed E-state index contributed by atoms with van der Waals surface area (Å²) in [6, 6.07) is 14.2. The zero-order chi connectivity index (χ0) is 15.2. The topological polar surface area (TPSA) is 30.5 Å². The van der Waals surface area contributed by atoms with Gasteiger partial charge in [0, 0.05) is 22.6 Å². The van der Waals surface area contributed by atoms with Gasteiger partial charge in [-0.05, 0) is 36.8 Å². The molecule has 0 aliphatic rings. The van der Waals surface area contributed by atoms with Gasteiger partial charge in [-0.25, -0.2) is 0 Å². The van der Waals surface area contributed by atoms with Crippen LogP contribution >= 0.6 is 15.9 Å². The molecule has 4 heteroatoms. The van der Waals surface area contributed by atoms with E-state index in [-0.39, 0.29) is 6.04 Å². The van der Waals surface area contributed by atoms with Crippen molar-refractivity contribution in [3.63, 3.8) is 0 Å². The fraction of sp³-hybridized carbons (Fsp3) is 0.294. The Morgan fingerprint density at radius 3 is 2.57 bits per heavy atom. The molecule has 0 heterocycles. The molecule has 0 aliphatic heterocycles. The molecule has 1 N–H and O–H groups in total. The molecule has 0 bridgehead atoms. The van der Waals surface area contributed by atoms with E-state index in [9.17, 15) is 0 Å². The van der Waals surface area contributed by atoms with Crippen LogP contribution in [0.5, 0.6) is 11.5 Å². The van der Waals surface area contributed by atoms with E-state index in [1.54, 1.807) is 14.2 Å². The van der Waals surface area contributed by atoms with Gasteiger partial charge in [0.2, 0.25) is 0 Å². The highest BCUT2D eigenvalue weighted by Crippen LogP contribution is 2.26. The fourth-order valence-corrected chi connectivity index (χ4v) is 2.60. The van der Waals surface area contributed by atoms with Crippen LogP contribution in [0.1, 0.15) is 24.1 Å². The Bertz CT molecular complexity index is 601. The Labute approximate surface area is 134 Å². The van der Waals surface area contributed by atoms with Gasteiger partial charge < -0.3 is 14.8 Å². The van der Waals surface area contributed by atoms with Gasteiger partial charge in [-0.1, -0.05) is 34.1 Å². The van der Waals surface area contributed by atoms with E-state index in [4.69, 9.17) is 9.47 Å². The van der Waals surface area contributed by atoms with E-state index in [0.717, 1.165) is 33.6 Å². The SMILES string of the molecule is COc1ccc(Br)c(CNC(C)c2ccccc2OC)c1. The monoisotopic (exact) mass is 349 g/mol. The Morgan fingerprint density at radius 1 is 1.10 bits per heavy atom. The van der Waals surface area contributed by atoms with Gasteiger partial charge in [0.25, 0.3) is 0 Å². The average molecular weight is 350 g/mol. The van der Waals surface area contributed by atoms with Crippen LogP contribution in [0.4, 0.5) is 0 Å². The van der Waals surface area contributed by atoms with Gasteiger partial charge in [-0.15, -0.1) is 0 Å². The summed E-state index contributed by atoms with van der Waals surface area (Å²) in [4.78, 5) is 0. The van der Waals surface area contributed by atoms with E-state index >= 15 is 0 Å². The summed E-state index contributed by atoms with van der Waals surface area (Å²) in [5, 5.41) is 3.52. The summed E-state index contributed by atoms with van der Waals surface area (Å²) in [5.41, 5.74) is 2.31. The molecule has 0 amide bonds. The van der Waals surface area contributed by atoms with Crippen LogP contribution in [-0.2, 0) is 6.54 Å². The molecule has 0 saturated heterocycles. The van der Waals surface area contributed by atoms with Crippen molar-refractivity contribution in [3.8, 4) is 11.5 Å². The third kappa shape index (κ3) is 3.99. The van der Waals surface area contributed by atoms with Crippen molar-refractivity contribution in [2.45, 2.75) is 19.5 Å². The molecule has 0 aliphatic carbocycles. The predicted molar refractivity (Wildman–Crippen MR) is 88.9 cm³/mol. The number of halogens is 1. The van der Waals surface area contributed by atoms with Crippen LogP contribution in [0, 0.1) is 0 Å². The van der Waals surface area contributed by atoms with Gasteiger partial charge in [0.1, 0.15) is 11.5 Å². The van der Waals surface area contributed by atoms with Crippen molar-refractivity contribution < 1.29 is 9.47 Å². The predicted octanol–water partition coefficient (Wildman–Crippen LogP) is 4.32. The van der Waals surface area contributed by atoms with Crippen molar-refractivity contribution in [1.29, 1.82) is 0 Å². The largest absolute Gasteiger partial charge is 0.497 e. The molecule has 3 nitrogen and oxygen atoms in total. The van der Waals surface area contributed by atoms with Gasteiger partial charge in [0.15, 0.2) is 0 Å². The van der Waals surface area contributed by atoms with Crippen LogP contribution < -0.4 is 14.8 Å². The van der Waals surface area contributed by atoms with Crippen LogP contribution in [0.15, 0.2) is 46.9 Å². The van der Waals surface area contributed by atoms with Crippen LogP contribution in [-0.4, -0.2) is 14.2 Å². The number of benzene rings is 2. The molecule has 112 valence electrons. The number of hydrogen-bond acceptors (Lipinski definition) is 3. The van der Waals surface area contributed by atoms with Crippen LogP contribution in [0.25, 0.3) is 0 Å². The fourth-order valence-electron chi connectivity index (χ4n) is 2.21.